The number of halogens is 2. The van der Waals surface area contributed by atoms with E-state index in [1.54, 1.807) is 20.8 Å². The average molecular weight is 254 g/mol. The van der Waals surface area contributed by atoms with Gasteiger partial charge < -0.3 is 20.5 Å². The molecule has 0 aliphatic carbocycles. The van der Waals surface area contributed by atoms with Crippen LogP contribution in [0.2, 0.25) is 0 Å². The van der Waals surface area contributed by atoms with Crippen LogP contribution in [-0.2, 0) is 4.74 Å². The summed E-state index contributed by atoms with van der Waals surface area (Å²) in [4.78, 5) is 11.1. The summed E-state index contributed by atoms with van der Waals surface area (Å²) < 4.78 is 28.7. The van der Waals surface area contributed by atoms with E-state index >= 15 is 0 Å². The zero-order valence-electron chi connectivity index (χ0n) is 10.3. The highest BCUT2D eigenvalue weighted by Gasteiger charge is 2.16. The van der Waals surface area contributed by atoms with E-state index in [4.69, 9.17) is 9.84 Å². The number of ether oxygens (including phenoxy) is 1. The molecule has 0 spiro atoms. The van der Waals surface area contributed by atoms with E-state index < -0.39 is 24.2 Å². The van der Waals surface area contributed by atoms with Crippen LogP contribution < -0.4 is 10.6 Å². The van der Waals surface area contributed by atoms with Crippen LogP contribution >= 0.6 is 0 Å². The Balaban J connectivity index is 3.49. The maximum absolute atomic E-state index is 11.9. The summed E-state index contributed by atoms with van der Waals surface area (Å²) >= 11 is 0. The van der Waals surface area contributed by atoms with Gasteiger partial charge in [-0.05, 0) is 20.8 Å². The van der Waals surface area contributed by atoms with Crippen molar-refractivity contribution in [2.75, 3.05) is 19.6 Å². The second-order valence-corrected chi connectivity index (χ2v) is 4.53. The maximum Gasteiger partial charge on any atom is 0.407 e. The summed E-state index contributed by atoms with van der Waals surface area (Å²) in [5.41, 5.74) is -0.566. The molecule has 0 aromatic carbocycles. The van der Waals surface area contributed by atoms with Crippen LogP contribution in [0.1, 0.15) is 20.8 Å². The quantitative estimate of drug-likeness (QED) is 0.611. The van der Waals surface area contributed by atoms with Gasteiger partial charge in [0.1, 0.15) is 11.7 Å². The normalized spacial score (nSPS) is 13.6. The first-order valence-corrected chi connectivity index (χ1v) is 5.36. The predicted molar refractivity (Wildman–Crippen MR) is 59.1 cm³/mol. The van der Waals surface area contributed by atoms with Gasteiger partial charge in [0.25, 0.3) is 6.43 Å². The molecule has 0 aromatic heterocycles. The Morgan fingerprint density at radius 1 is 1.35 bits per heavy atom. The lowest BCUT2D eigenvalue weighted by Crippen LogP contribution is -2.39. The first-order valence-electron chi connectivity index (χ1n) is 5.36. The third-order valence-electron chi connectivity index (χ3n) is 1.61. The van der Waals surface area contributed by atoms with Crippen LogP contribution in [0.3, 0.4) is 0 Å². The van der Waals surface area contributed by atoms with Gasteiger partial charge in [0.2, 0.25) is 0 Å². The lowest BCUT2D eigenvalue weighted by Gasteiger charge is -2.19. The van der Waals surface area contributed by atoms with Crippen molar-refractivity contribution in [3.05, 3.63) is 0 Å². The van der Waals surface area contributed by atoms with Gasteiger partial charge in [-0.15, -0.1) is 0 Å². The summed E-state index contributed by atoms with van der Waals surface area (Å²) in [6, 6.07) is 0. The van der Waals surface area contributed by atoms with Gasteiger partial charge in [0.15, 0.2) is 0 Å². The van der Waals surface area contributed by atoms with Crippen molar-refractivity contribution >= 4 is 6.09 Å². The fraction of sp³-hybridized carbons (Fsp3) is 0.900. The highest BCUT2D eigenvalue weighted by atomic mass is 19.3. The number of alkyl halides is 2. The SMILES string of the molecule is CC(C)(C)OC(=O)NCCNCC(O)C(F)F. The second-order valence-electron chi connectivity index (χ2n) is 4.53. The Morgan fingerprint density at radius 2 is 1.94 bits per heavy atom. The molecule has 1 unspecified atom stereocenters. The van der Waals surface area contributed by atoms with Crippen LogP contribution in [0.4, 0.5) is 13.6 Å². The van der Waals surface area contributed by atoms with Gasteiger partial charge in [0, 0.05) is 19.6 Å². The molecule has 17 heavy (non-hydrogen) atoms. The Morgan fingerprint density at radius 3 is 2.41 bits per heavy atom. The number of carbonyl (C=O) groups is 1. The predicted octanol–water partition coefficient (Wildman–Crippen LogP) is 0.727. The highest BCUT2D eigenvalue weighted by molar-refractivity contribution is 5.67. The summed E-state index contributed by atoms with van der Waals surface area (Å²) in [6.45, 7) is 5.53. The van der Waals surface area contributed by atoms with Crippen LogP contribution in [0.25, 0.3) is 0 Å². The first kappa shape index (κ1) is 16.1. The average Bonchev–Trinajstić information content (AvgIpc) is 2.13. The molecule has 0 fully saturated rings. The Hall–Kier alpha value is -0.950. The summed E-state index contributed by atoms with van der Waals surface area (Å²) in [5.74, 6) is 0. The van der Waals surface area contributed by atoms with Gasteiger partial charge in [0.05, 0.1) is 0 Å². The summed E-state index contributed by atoms with van der Waals surface area (Å²) in [6.07, 6.45) is -5.01. The third-order valence-corrected chi connectivity index (χ3v) is 1.61. The summed E-state index contributed by atoms with van der Waals surface area (Å²) in [5, 5.41) is 13.8. The van der Waals surface area contributed by atoms with Crippen LogP contribution in [0, 0.1) is 0 Å². The molecule has 7 heteroatoms. The highest BCUT2D eigenvalue weighted by Crippen LogP contribution is 2.05. The van der Waals surface area contributed by atoms with Crippen molar-refractivity contribution in [3.63, 3.8) is 0 Å². The molecule has 0 saturated heterocycles. The minimum atomic E-state index is -2.76. The number of alkyl carbamates (subject to hydrolysis) is 1. The monoisotopic (exact) mass is 254 g/mol. The number of hydrogen-bond donors (Lipinski definition) is 3. The molecule has 0 saturated carbocycles. The van der Waals surface area contributed by atoms with E-state index in [-0.39, 0.29) is 19.6 Å². The maximum atomic E-state index is 11.9. The smallest absolute Gasteiger partial charge is 0.407 e. The zero-order valence-corrected chi connectivity index (χ0v) is 10.3. The molecule has 1 atom stereocenters. The van der Waals surface area contributed by atoms with E-state index in [0.29, 0.717) is 0 Å². The van der Waals surface area contributed by atoms with E-state index in [1.807, 2.05) is 0 Å². The van der Waals surface area contributed by atoms with Crippen molar-refractivity contribution in [1.82, 2.24) is 10.6 Å². The van der Waals surface area contributed by atoms with Gasteiger partial charge in [-0.3, -0.25) is 0 Å². The number of carbonyl (C=O) groups excluding carboxylic acids is 1. The van der Waals surface area contributed by atoms with Crippen molar-refractivity contribution in [2.24, 2.45) is 0 Å². The third kappa shape index (κ3) is 9.95. The van der Waals surface area contributed by atoms with Gasteiger partial charge in [-0.25, -0.2) is 13.6 Å². The second kappa shape index (κ2) is 7.39. The van der Waals surface area contributed by atoms with Gasteiger partial charge in [-0.1, -0.05) is 0 Å². The van der Waals surface area contributed by atoms with Crippen molar-refractivity contribution in [3.8, 4) is 0 Å². The van der Waals surface area contributed by atoms with Crippen LogP contribution in [0.15, 0.2) is 0 Å². The molecule has 0 aliphatic heterocycles. The standard InChI is InChI=1S/C10H20F2N2O3/c1-10(2,3)17-9(16)14-5-4-13-6-7(15)8(11)12/h7-8,13,15H,4-6H2,1-3H3,(H,14,16). The number of rotatable bonds is 6. The minimum Gasteiger partial charge on any atom is -0.444 e. The molecule has 102 valence electrons. The van der Waals surface area contributed by atoms with Gasteiger partial charge in [-0.2, -0.15) is 0 Å². The van der Waals surface area contributed by atoms with E-state index in [1.165, 1.54) is 0 Å². The Kier molecular flexibility index (Phi) is 6.98. The molecule has 0 heterocycles. The first-order chi connectivity index (χ1) is 7.72. The molecule has 1 amide bonds. The zero-order chi connectivity index (χ0) is 13.5. The van der Waals surface area contributed by atoms with E-state index in [9.17, 15) is 13.6 Å². The van der Waals surface area contributed by atoms with Crippen molar-refractivity contribution < 1.29 is 23.4 Å². The van der Waals surface area contributed by atoms with E-state index in [2.05, 4.69) is 10.6 Å². The van der Waals surface area contributed by atoms with Gasteiger partial charge >= 0.3 is 6.09 Å². The summed E-state index contributed by atoms with van der Waals surface area (Å²) in [7, 11) is 0. The van der Waals surface area contributed by atoms with E-state index in [0.717, 1.165) is 0 Å². The Bertz CT molecular complexity index is 232. The van der Waals surface area contributed by atoms with Crippen LogP contribution in [-0.4, -0.2) is 49.0 Å². The number of aliphatic hydroxyl groups excluding tert-OH is 1. The number of hydrogen-bond acceptors (Lipinski definition) is 4. The lowest BCUT2D eigenvalue weighted by molar-refractivity contribution is -0.00314. The molecule has 3 N–H and O–H groups in total. The fourth-order valence-electron chi connectivity index (χ4n) is 0.906. The molecule has 0 bridgehead atoms. The van der Waals surface area contributed by atoms with Crippen LogP contribution in [0.5, 0.6) is 0 Å². The largest absolute Gasteiger partial charge is 0.444 e. The molecule has 0 radical (unpaired) electrons. The molecule has 0 aliphatic rings. The molecular formula is C10H20F2N2O3. The lowest BCUT2D eigenvalue weighted by atomic mass is 10.2. The fourth-order valence-corrected chi connectivity index (χ4v) is 0.906. The number of amides is 1. The number of nitrogens with one attached hydrogen (secondary N) is 2. The minimum absolute atomic E-state index is 0.215. The molecule has 0 aromatic rings. The topological polar surface area (TPSA) is 70.6 Å². The van der Waals surface area contributed by atoms with Crippen molar-refractivity contribution in [2.45, 2.75) is 38.9 Å². The Labute approximate surface area is 99.5 Å². The number of aliphatic hydroxyl groups is 1. The molecule has 5 nitrogen and oxygen atoms in total. The molecule has 0 rings (SSSR count). The van der Waals surface area contributed by atoms with Crippen molar-refractivity contribution in [1.29, 1.82) is 0 Å². The molecular weight excluding hydrogens is 234 g/mol.